The fourth-order valence-corrected chi connectivity index (χ4v) is 3.63. The molecule has 0 radical (unpaired) electrons. The quantitative estimate of drug-likeness (QED) is 0.682. The monoisotopic (exact) mass is 231 g/mol. The van der Waals surface area contributed by atoms with Crippen LogP contribution in [0.2, 0.25) is 11.6 Å². The predicted molar refractivity (Wildman–Crippen MR) is 69.9 cm³/mol. The molecule has 1 heterocycles. The molecule has 0 bridgehead atoms. The summed E-state index contributed by atoms with van der Waals surface area (Å²) >= 11 is 0. The van der Waals surface area contributed by atoms with Gasteiger partial charge >= 0.3 is 0 Å². The summed E-state index contributed by atoms with van der Waals surface area (Å²) in [7, 11) is -1.40. The minimum Gasteiger partial charge on any atom is -0.299 e. The highest BCUT2D eigenvalue weighted by Crippen LogP contribution is 2.33. The number of aliphatic imine (C=N–C) groups is 1. The lowest BCUT2D eigenvalue weighted by Crippen LogP contribution is -2.44. The second kappa shape index (κ2) is 3.98. The summed E-state index contributed by atoms with van der Waals surface area (Å²) in [5.41, 5.74) is 1.68. The van der Waals surface area contributed by atoms with Crippen LogP contribution >= 0.6 is 0 Å². The van der Waals surface area contributed by atoms with Gasteiger partial charge in [-0.2, -0.15) is 0 Å². The molecule has 1 atom stereocenters. The summed E-state index contributed by atoms with van der Waals surface area (Å²) in [5.74, 6) is 0. The molecule has 0 amide bonds. The van der Waals surface area contributed by atoms with Crippen molar-refractivity contribution in [3.05, 3.63) is 35.9 Å². The fourth-order valence-electron chi connectivity index (χ4n) is 1.89. The molecule has 1 aliphatic heterocycles. The lowest BCUT2D eigenvalue weighted by atomic mass is 10.1. The summed E-state index contributed by atoms with van der Waals surface area (Å²) in [6.45, 7) is 7.25. The first-order valence-corrected chi connectivity index (χ1v) is 7.97. The zero-order chi connectivity index (χ0) is 11.8. The average molecular weight is 231 g/mol. The van der Waals surface area contributed by atoms with E-state index in [-0.39, 0.29) is 5.04 Å². The van der Waals surface area contributed by atoms with Gasteiger partial charge in [0.2, 0.25) is 0 Å². The first kappa shape index (κ1) is 11.3. The van der Waals surface area contributed by atoms with Crippen molar-refractivity contribution in [3.8, 4) is 0 Å². The molecule has 16 heavy (non-hydrogen) atoms. The number of carbonyl (C=O) groups excluding carboxylic acids is 1. The van der Waals surface area contributed by atoms with E-state index in [4.69, 9.17) is 0 Å². The predicted octanol–water partition coefficient (Wildman–Crippen LogP) is 2.23. The largest absolute Gasteiger partial charge is 0.299 e. The third kappa shape index (κ3) is 1.87. The molecule has 84 valence electrons. The Morgan fingerprint density at radius 2 is 1.88 bits per heavy atom. The standard InChI is InChI=1S/C13H17NOSi/c1-13(2)9-14-11(12(15)16(13)3)10-7-5-4-6-8-10/h4-8,16H,9H2,1-3H3. The van der Waals surface area contributed by atoms with E-state index in [1.54, 1.807) is 0 Å². The second-order valence-corrected chi connectivity index (χ2v) is 8.64. The molecule has 0 saturated carbocycles. The van der Waals surface area contributed by atoms with Crippen molar-refractivity contribution in [2.75, 3.05) is 6.54 Å². The van der Waals surface area contributed by atoms with Crippen LogP contribution in [0.4, 0.5) is 0 Å². The van der Waals surface area contributed by atoms with Crippen molar-refractivity contribution in [2.24, 2.45) is 4.99 Å². The Hall–Kier alpha value is -1.22. The summed E-state index contributed by atoms with van der Waals surface area (Å²) in [6.07, 6.45) is 0. The van der Waals surface area contributed by atoms with Gasteiger partial charge in [-0.3, -0.25) is 9.79 Å². The molecule has 0 aromatic heterocycles. The van der Waals surface area contributed by atoms with Gasteiger partial charge < -0.3 is 0 Å². The number of nitrogens with zero attached hydrogens (tertiary/aromatic N) is 1. The summed E-state index contributed by atoms with van der Waals surface area (Å²) < 4.78 is 0. The molecule has 0 saturated heterocycles. The SMILES string of the molecule is C[SiH]1C(=O)C(c2ccccc2)=NCC1(C)C. The van der Waals surface area contributed by atoms with Crippen LogP contribution in [0, 0.1) is 0 Å². The summed E-state index contributed by atoms with van der Waals surface area (Å²) in [4.78, 5) is 16.8. The molecule has 0 aliphatic carbocycles. The molecular formula is C13H17NOSi. The van der Waals surface area contributed by atoms with E-state index >= 15 is 0 Å². The topological polar surface area (TPSA) is 29.4 Å². The molecule has 0 spiro atoms. The number of benzene rings is 1. The van der Waals surface area contributed by atoms with E-state index in [0.29, 0.717) is 11.1 Å². The van der Waals surface area contributed by atoms with Gasteiger partial charge in [-0.15, -0.1) is 0 Å². The Morgan fingerprint density at radius 3 is 2.50 bits per heavy atom. The van der Waals surface area contributed by atoms with Crippen molar-refractivity contribution in [2.45, 2.75) is 25.4 Å². The van der Waals surface area contributed by atoms with E-state index in [1.165, 1.54) is 0 Å². The number of hydrogen-bond acceptors (Lipinski definition) is 2. The molecular weight excluding hydrogens is 214 g/mol. The Bertz CT molecular complexity index is 437. The molecule has 1 unspecified atom stereocenters. The van der Waals surface area contributed by atoms with Crippen LogP contribution in [0.3, 0.4) is 0 Å². The van der Waals surface area contributed by atoms with Gasteiger partial charge in [0.05, 0.1) is 0 Å². The zero-order valence-corrected chi connectivity index (χ0v) is 11.2. The van der Waals surface area contributed by atoms with Crippen molar-refractivity contribution in [1.82, 2.24) is 0 Å². The third-order valence-corrected chi connectivity index (χ3v) is 7.08. The fraction of sp³-hybridized carbons (Fsp3) is 0.385. The maximum Gasteiger partial charge on any atom is 0.155 e. The van der Waals surface area contributed by atoms with Crippen molar-refractivity contribution >= 4 is 19.9 Å². The minimum atomic E-state index is -1.40. The molecule has 1 aromatic rings. The van der Waals surface area contributed by atoms with Gasteiger partial charge in [0.25, 0.3) is 0 Å². The Labute approximate surface area is 98.0 Å². The third-order valence-electron chi connectivity index (χ3n) is 3.49. The highest BCUT2D eigenvalue weighted by Gasteiger charge is 2.38. The van der Waals surface area contributed by atoms with Crippen LogP contribution in [0.1, 0.15) is 19.4 Å². The Kier molecular flexibility index (Phi) is 2.80. The van der Waals surface area contributed by atoms with Crippen LogP contribution in [0.5, 0.6) is 0 Å². The highest BCUT2D eigenvalue weighted by molar-refractivity contribution is 7.03. The molecule has 3 heteroatoms. The van der Waals surface area contributed by atoms with Crippen LogP contribution in [0.25, 0.3) is 0 Å². The normalized spacial score (nSPS) is 24.1. The van der Waals surface area contributed by atoms with E-state index in [0.717, 1.165) is 12.1 Å². The van der Waals surface area contributed by atoms with E-state index < -0.39 is 8.80 Å². The Balaban J connectivity index is 2.39. The van der Waals surface area contributed by atoms with E-state index in [9.17, 15) is 4.79 Å². The maximum absolute atomic E-state index is 12.3. The number of rotatable bonds is 1. The van der Waals surface area contributed by atoms with Gasteiger partial charge in [-0.05, 0) is 5.04 Å². The van der Waals surface area contributed by atoms with Crippen LogP contribution in [-0.4, -0.2) is 26.5 Å². The highest BCUT2D eigenvalue weighted by atomic mass is 28.3. The molecule has 1 aliphatic rings. The smallest absolute Gasteiger partial charge is 0.155 e. The van der Waals surface area contributed by atoms with Gasteiger partial charge in [0.15, 0.2) is 5.41 Å². The molecule has 2 rings (SSSR count). The summed E-state index contributed by atoms with van der Waals surface area (Å²) in [5, 5.41) is 0.428. The molecule has 2 nitrogen and oxygen atoms in total. The first-order chi connectivity index (χ1) is 7.52. The van der Waals surface area contributed by atoms with Gasteiger partial charge in [0, 0.05) is 12.1 Å². The second-order valence-electron chi connectivity index (χ2n) is 5.11. The maximum atomic E-state index is 12.3. The lowest BCUT2D eigenvalue weighted by molar-refractivity contribution is -0.107. The zero-order valence-electron chi connectivity index (χ0n) is 10.0. The van der Waals surface area contributed by atoms with Crippen molar-refractivity contribution in [3.63, 3.8) is 0 Å². The molecule has 1 aromatic carbocycles. The van der Waals surface area contributed by atoms with Crippen LogP contribution in [-0.2, 0) is 4.79 Å². The van der Waals surface area contributed by atoms with E-state index in [2.05, 4.69) is 25.4 Å². The average Bonchev–Trinajstić information content (AvgIpc) is 2.27. The van der Waals surface area contributed by atoms with Crippen LogP contribution in [0.15, 0.2) is 35.3 Å². The van der Waals surface area contributed by atoms with Crippen molar-refractivity contribution in [1.29, 1.82) is 0 Å². The molecule has 0 N–H and O–H groups in total. The van der Waals surface area contributed by atoms with E-state index in [1.807, 2.05) is 30.3 Å². The molecule has 0 fully saturated rings. The van der Waals surface area contributed by atoms with Gasteiger partial charge in [0.1, 0.15) is 14.5 Å². The number of hydrogen-bond donors (Lipinski definition) is 0. The number of carbonyl (C=O) groups is 1. The summed E-state index contributed by atoms with van der Waals surface area (Å²) in [6, 6.07) is 9.81. The van der Waals surface area contributed by atoms with Crippen molar-refractivity contribution < 1.29 is 4.79 Å². The van der Waals surface area contributed by atoms with Gasteiger partial charge in [-0.1, -0.05) is 50.7 Å². The Morgan fingerprint density at radius 1 is 1.25 bits per heavy atom. The first-order valence-electron chi connectivity index (χ1n) is 5.66. The minimum absolute atomic E-state index is 0.120. The van der Waals surface area contributed by atoms with Gasteiger partial charge in [-0.25, -0.2) is 0 Å². The lowest BCUT2D eigenvalue weighted by Gasteiger charge is -2.32. The van der Waals surface area contributed by atoms with Crippen LogP contribution < -0.4 is 0 Å².